The van der Waals surface area contributed by atoms with Gasteiger partial charge in [-0.2, -0.15) is 5.10 Å². The van der Waals surface area contributed by atoms with Crippen LogP contribution in [0.5, 0.6) is 11.8 Å². The van der Waals surface area contributed by atoms with E-state index >= 15 is 0 Å². The van der Waals surface area contributed by atoms with Gasteiger partial charge in [0, 0.05) is 108 Å². The predicted octanol–water partition coefficient (Wildman–Crippen LogP) is 5.92. The average molecular weight is 986 g/mol. The van der Waals surface area contributed by atoms with Gasteiger partial charge in [-0.3, -0.25) is 39.3 Å². The van der Waals surface area contributed by atoms with Crippen molar-refractivity contribution >= 4 is 51.6 Å². The van der Waals surface area contributed by atoms with Crippen molar-refractivity contribution in [2.45, 2.75) is 51.0 Å². The fraction of sp³-hybridized carbons (Fsp3) is 0.370. The molecule has 1 atom stereocenters. The summed E-state index contributed by atoms with van der Waals surface area (Å²) in [6, 6.07) is 24.8. The Morgan fingerprint density at radius 2 is 1.47 bits per heavy atom. The second kappa shape index (κ2) is 19.5. The fourth-order valence-corrected chi connectivity index (χ4v) is 11.4. The maximum absolute atomic E-state index is 13.9. The number of anilines is 4. The number of benzene rings is 3. The van der Waals surface area contributed by atoms with Gasteiger partial charge in [0.25, 0.3) is 0 Å². The normalized spacial score (nSPS) is 18.0. The molecule has 19 heteroatoms. The molecule has 73 heavy (non-hydrogen) atoms. The minimum atomic E-state index is -0.480. The SMILES string of the molecule is CCc1c(-c2ccc(-n3c(OC)nn(C)c3=O)cc2-c2ccc(N3CCC(N4CCN(c5c(OC)ccc6c(C7CCC(=O)NC7=O)nn(C)c56)CC4)CC3)cc2)ccnc1N1CCN(c2cccnc2)C1=O. The Balaban J connectivity index is 0.817. The van der Waals surface area contributed by atoms with E-state index in [0.29, 0.717) is 55.6 Å². The molecule has 7 aromatic rings. The molecule has 4 amide bonds. The summed E-state index contributed by atoms with van der Waals surface area (Å²) < 4.78 is 16.1. The Labute approximate surface area is 422 Å². The van der Waals surface area contributed by atoms with Crippen LogP contribution in [-0.2, 0) is 30.1 Å². The first-order chi connectivity index (χ1) is 35.5. The van der Waals surface area contributed by atoms with Crippen molar-refractivity contribution in [3.63, 3.8) is 0 Å². The summed E-state index contributed by atoms with van der Waals surface area (Å²) in [5, 5.41) is 12.6. The first kappa shape index (κ1) is 47.3. The molecule has 0 saturated carbocycles. The number of hydrogen-bond donors (Lipinski definition) is 1. The van der Waals surface area contributed by atoms with Crippen LogP contribution in [0.4, 0.5) is 27.7 Å². The van der Waals surface area contributed by atoms with Gasteiger partial charge in [-0.15, -0.1) is 5.10 Å². The first-order valence-electron chi connectivity index (χ1n) is 25.1. The number of ether oxygens (including phenoxy) is 2. The number of urea groups is 1. The molecule has 4 saturated heterocycles. The van der Waals surface area contributed by atoms with Crippen LogP contribution >= 0.6 is 0 Å². The molecule has 0 bridgehead atoms. The van der Waals surface area contributed by atoms with Gasteiger partial charge in [0.2, 0.25) is 11.8 Å². The number of imide groups is 1. The molecule has 4 fully saturated rings. The zero-order chi connectivity index (χ0) is 50.5. The van der Waals surface area contributed by atoms with Crippen molar-refractivity contribution < 1.29 is 23.9 Å². The summed E-state index contributed by atoms with van der Waals surface area (Å²) in [6.45, 7) is 8.39. The predicted molar refractivity (Wildman–Crippen MR) is 279 cm³/mol. The number of piperidine rings is 2. The zero-order valence-electron chi connectivity index (χ0n) is 41.8. The average Bonchev–Trinajstić information content (AvgIpc) is 4.08. The number of pyridine rings is 2. The van der Waals surface area contributed by atoms with Gasteiger partial charge in [-0.25, -0.2) is 23.8 Å². The number of hydrogen-bond acceptors (Lipinski definition) is 13. The third kappa shape index (κ3) is 8.49. The standard InChI is InChI=1S/C54H59N13O6/c1-6-39-41(19-23-56-50(39)66-31-30-65(54(66)71)38-8-7-22-55-33-38)40-14-13-37(67-52(73-5)59-61(3)53(67)70)32-44(40)34-9-11-35(12-10-34)62-24-20-36(21-25-62)63-26-28-64(29-27-63)49-45(72-4)17-15-42-47(58-60(2)48(42)49)43-16-18-46(68)57-51(43)69/h7-15,17,19,22-23,32-33,36,43H,6,16,18,20-21,24-31H2,1-5H3,(H,57,68,69). The molecule has 0 radical (unpaired) electrons. The van der Waals surface area contributed by atoms with E-state index in [4.69, 9.17) is 19.6 Å². The van der Waals surface area contributed by atoms with Gasteiger partial charge in [-0.1, -0.05) is 25.1 Å². The number of nitrogens with one attached hydrogen (secondary N) is 1. The molecule has 19 nitrogen and oxygen atoms in total. The third-order valence-corrected chi connectivity index (χ3v) is 15.2. The van der Waals surface area contributed by atoms with E-state index in [9.17, 15) is 19.2 Å². The maximum atomic E-state index is 13.9. The van der Waals surface area contributed by atoms with Gasteiger partial charge in [0.1, 0.15) is 17.3 Å². The molecule has 4 aliphatic heterocycles. The number of methoxy groups -OCH3 is 2. The lowest BCUT2D eigenvalue weighted by Gasteiger charge is -2.44. The van der Waals surface area contributed by atoms with Crippen LogP contribution in [-0.4, -0.2) is 129 Å². The number of carbonyl (C=O) groups excluding carboxylic acids is 3. The number of carbonyl (C=O) groups is 3. The van der Waals surface area contributed by atoms with Crippen LogP contribution in [0.25, 0.3) is 38.8 Å². The second-order valence-corrected chi connectivity index (χ2v) is 19.1. The molecule has 1 N–H and O–H groups in total. The number of aryl methyl sites for hydroxylation is 2. The highest BCUT2D eigenvalue weighted by molar-refractivity contribution is 6.07. The van der Waals surface area contributed by atoms with E-state index in [2.05, 4.69) is 61.3 Å². The van der Waals surface area contributed by atoms with Crippen LogP contribution in [0.3, 0.4) is 0 Å². The van der Waals surface area contributed by atoms with Crippen LogP contribution < -0.4 is 40.1 Å². The Bertz CT molecular complexity index is 3300. The molecule has 0 aliphatic carbocycles. The molecule has 0 spiro atoms. The number of aromatic nitrogens is 7. The number of rotatable bonds is 12. The number of piperazine rings is 1. The lowest BCUT2D eigenvalue weighted by molar-refractivity contribution is -0.134. The summed E-state index contributed by atoms with van der Waals surface area (Å²) >= 11 is 0. The number of amides is 4. The molecule has 11 rings (SSSR count). The molecule has 4 aliphatic rings. The highest BCUT2D eigenvalue weighted by atomic mass is 16.5. The molecule has 4 aromatic heterocycles. The topological polar surface area (TPSA) is 181 Å². The van der Waals surface area contributed by atoms with Crippen LogP contribution in [0, 0.1) is 0 Å². The molecule has 376 valence electrons. The highest BCUT2D eigenvalue weighted by Crippen LogP contribution is 2.43. The summed E-state index contributed by atoms with van der Waals surface area (Å²) in [5.41, 5.74) is 9.50. The minimum Gasteiger partial charge on any atom is -0.494 e. The summed E-state index contributed by atoms with van der Waals surface area (Å²) in [6.07, 6.45) is 8.61. The Hall–Kier alpha value is -8.06. The van der Waals surface area contributed by atoms with E-state index < -0.39 is 5.92 Å². The van der Waals surface area contributed by atoms with Crippen LogP contribution in [0.1, 0.15) is 49.8 Å². The van der Waals surface area contributed by atoms with Gasteiger partial charge >= 0.3 is 17.7 Å². The van der Waals surface area contributed by atoms with E-state index in [-0.39, 0.29) is 29.5 Å². The van der Waals surface area contributed by atoms with Crippen molar-refractivity contribution in [2.75, 3.05) is 86.2 Å². The number of fused-ring (bicyclic) bond motifs is 1. The first-order valence-corrected chi connectivity index (χ1v) is 25.1. The van der Waals surface area contributed by atoms with Crippen LogP contribution in [0.15, 0.2) is 96.2 Å². The highest BCUT2D eigenvalue weighted by Gasteiger charge is 2.36. The third-order valence-electron chi connectivity index (χ3n) is 15.2. The summed E-state index contributed by atoms with van der Waals surface area (Å²) in [7, 11) is 6.71. The van der Waals surface area contributed by atoms with Gasteiger partial charge in [0.15, 0.2) is 0 Å². The zero-order valence-corrected chi connectivity index (χ0v) is 41.8. The minimum absolute atomic E-state index is 0.145. The Morgan fingerprint density at radius 1 is 0.699 bits per heavy atom. The quantitative estimate of drug-likeness (QED) is 0.143. The van der Waals surface area contributed by atoms with E-state index in [1.807, 2.05) is 60.3 Å². The Morgan fingerprint density at radius 3 is 2.18 bits per heavy atom. The maximum Gasteiger partial charge on any atom is 0.353 e. The van der Waals surface area contributed by atoms with E-state index in [0.717, 1.165) is 114 Å². The van der Waals surface area contributed by atoms with Crippen molar-refractivity contribution in [2.24, 2.45) is 14.1 Å². The van der Waals surface area contributed by atoms with E-state index in [1.54, 1.807) is 42.5 Å². The number of nitrogens with zero attached hydrogens (tertiary/aromatic N) is 12. The summed E-state index contributed by atoms with van der Waals surface area (Å²) in [5.74, 6) is 0.386. The van der Waals surface area contributed by atoms with Crippen molar-refractivity contribution in [3.8, 4) is 39.7 Å². The molecular formula is C54H59N13O6. The smallest absolute Gasteiger partial charge is 0.353 e. The molecular weight excluding hydrogens is 927 g/mol. The van der Waals surface area contributed by atoms with Gasteiger partial charge in [0.05, 0.1) is 48.9 Å². The van der Waals surface area contributed by atoms with Gasteiger partial charge in [-0.05, 0) is 103 Å². The van der Waals surface area contributed by atoms with Crippen molar-refractivity contribution in [1.29, 1.82) is 0 Å². The Kier molecular flexibility index (Phi) is 12.6. The van der Waals surface area contributed by atoms with Crippen LogP contribution in [0.2, 0.25) is 0 Å². The van der Waals surface area contributed by atoms with Crippen molar-refractivity contribution in [3.05, 3.63) is 113 Å². The fourth-order valence-electron chi connectivity index (χ4n) is 11.4. The molecule has 8 heterocycles. The van der Waals surface area contributed by atoms with Crippen molar-refractivity contribution in [1.82, 2.24) is 44.3 Å². The largest absolute Gasteiger partial charge is 0.494 e. The lowest BCUT2D eigenvalue weighted by atomic mass is 9.90. The van der Waals surface area contributed by atoms with E-state index in [1.165, 1.54) is 16.4 Å². The van der Waals surface area contributed by atoms with Gasteiger partial charge < -0.3 is 19.3 Å². The molecule has 3 aromatic carbocycles. The molecule has 1 unspecified atom stereocenters. The summed E-state index contributed by atoms with van der Waals surface area (Å²) in [4.78, 5) is 72.3. The lowest BCUT2D eigenvalue weighted by Crippen LogP contribution is -2.53. The second-order valence-electron chi connectivity index (χ2n) is 19.1. The monoisotopic (exact) mass is 985 g/mol.